The van der Waals surface area contributed by atoms with Gasteiger partial charge in [-0.2, -0.15) is 5.26 Å². The molecule has 2 atom stereocenters. The van der Waals surface area contributed by atoms with E-state index >= 15 is 0 Å². The van der Waals surface area contributed by atoms with Crippen molar-refractivity contribution in [3.8, 4) is 6.07 Å². The third kappa shape index (κ3) is 2.13. The maximum Gasteiger partial charge on any atom is 0.0977 e. The molecule has 1 heteroatoms. The van der Waals surface area contributed by atoms with Crippen molar-refractivity contribution in [2.45, 2.75) is 44.4 Å². The average Bonchev–Trinajstić information content (AvgIpc) is 2.38. The van der Waals surface area contributed by atoms with E-state index in [1.165, 1.54) is 30.4 Å². The number of nitrogens with zero attached hydrogens (tertiary/aromatic N) is 1. The number of hydrogen-bond acceptors (Lipinski definition) is 1. The van der Waals surface area contributed by atoms with Crippen LogP contribution in [0.5, 0.6) is 0 Å². The summed E-state index contributed by atoms with van der Waals surface area (Å²) in [6.07, 6.45) is 7.96. The maximum atomic E-state index is 9.36. The average molecular weight is 225 g/mol. The smallest absolute Gasteiger partial charge is 0.0977 e. The summed E-state index contributed by atoms with van der Waals surface area (Å²) in [5.74, 6) is 0.493. The van der Waals surface area contributed by atoms with Gasteiger partial charge in [-0.05, 0) is 24.5 Å². The van der Waals surface area contributed by atoms with Gasteiger partial charge in [0.15, 0.2) is 0 Å². The lowest BCUT2D eigenvalue weighted by atomic mass is 9.72. The number of nitriles is 1. The van der Waals surface area contributed by atoms with Gasteiger partial charge in [-0.15, -0.1) is 0 Å². The molecule has 0 aromatic heterocycles. The highest BCUT2D eigenvalue weighted by Gasteiger charge is 2.31. The topological polar surface area (TPSA) is 23.8 Å². The second kappa shape index (κ2) is 4.75. The normalized spacial score (nSPS) is 26.3. The van der Waals surface area contributed by atoms with Gasteiger partial charge >= 0.3 is 0 Å². The highest BCUT2D eigenvalue weighted by Crippen LogP contribution is 2.39. The molecule has 1 nitrogen and oxygen atoms in total. The van der Waals surface area contributed by atoms with Crippen molar-refractivity contribution in [2.24, 2.45) is 0 Å². The van der Waals surface area contributed by atoms with Crippen LogP contribution in [0.15, 0.2) is 36.4 Å². The van der Waals surface area contributed by atoms with Crippen molar-refractivity contribution >= 4 is 0 Å². The molecule has 2 rings (SSSR count). The van der Waals surface area contributed by atoms with E-state index in [1.807, 2.05) is 13.0 Å². The summed E-state index contributed by atoms with van der Waals surface area (Å²) >= 11 is 0. The quantitative estimate of drug-likeness (QED) is 0.703. The van der Waals surface area contributed by atoms with Gasteiger partial charge in [0.05, 0.1) is 11.5 Å². The van der Waals surface area contributed by atoms with Crippen molar-refractivity contribution in [2.75, 3.05) is 0 Å². The minimum absolute atomic E-state index is 0.445. The minimum atomic E-state index is -0.445. The fourth-order valence-electron chi connectivity index (χ4n) is 2.57. The number of hydrogen-bond donors (Lipinski definition) is 0. The van der Waals surface area contributed by atoms with Crippen molar-refractivity contribution < 1.29 is 0 Å². The monoisotopic (exact) mass is 225 g/mol. The summed E-state index contributed by atoms with van der Waals surface area (Å²) in [5.41, 5.74) is 2.08. The fraction of sp³-hybridized carbons (Fsp3) is 0.438. The lowest BCUT2D eigenvalue weighted by molar-refractivity contribution is 0.623. The summed E-state index contributed by atoms with van der Waals surface area (Å²) in [4.78, 5) is 0. The lowest BCUT2D eigenvalue weighted by Crippen LogP contribution is -2.23. The predicted octanol–water partition coefficient (Wildman–Crippen LogP) is 4.31. The molecule has 17 heavy (non-hydrogen) atoms. The first-order valence-corrected chi connectivity index (χ1v) is 6.41. The van der Waals surface area contributed by atoms with E-state index < -0.39 is 5.41 Å². The molecular weight excluding hydrogens is 206 g/mol. The predicted molar refractivity (Wildman–Crippen MR) is 70.8 cm³/mol. The summed E-state index contributed by atoms with van der Waals surface area (Å²) < 4.78 is 0. The Bertz CT molecular complexity index is 467. The molecule has 0 saturated heterocycles. The summed E-state index contributed by atoms with van der Waals surface area (Å²) in [5, 5.41) is 9.36. The minimum Gasteiger partial charge on any atom is -0.197 e. The van der Waals surface area contributed by atoms with E-state index in [1.54, 1.807) is 0 Å². The van der Waals surface area contributed by atoms with Gasteiger partial charge in [0.1, 0.15) is 0 Å². The second-order valence-electron chi connectivity index (χ2n) is 5.01. The van der Waals surface area contributed by atoms with Gasteiger partial charge in [-0.1, -0.05) is 56.2 Å². The van der Waals surface area contributed by atoms with Crippen molar-refractivity contribution in [1.82, 2.24) is 0 Å². The Morgan fingerprint density at radius 1 is 1.35 bits per heavy atom. The van der Waals surface area contributed by atoms with E-state index in [0.29, 0.717) is 5.92 Å². The molecule has 0 spiro atoms. The molecule has 0 fully saturated rings. The molecule has 2 unspecified atom stereocenters. The Morgan fingerprint density at radius 3 is 2.82 bits per heavy atom. The lowest BCUT2D eigenvalue weighted by Gasteiger charge is -2.30. The van der Waals surface area contributed by atoms with Gasteiger partial charge in [0.25, 0.3) is 0 Å². The molecule has 88 valence electrons. The van der Waals surface area contributed by atoms with Gasteiger partial charge < -0.3 is 0 Å². The SMILES string of the molecule is CCCCC1C=CC(C)(C#N)c2ccccc21. The molecule has 1 aromatic rings. The Labute approximate surface area is 104 Å². The molecule has 0 aliphatic heterocycles. The van der Waals surface area contributed by atoms with Crippen molar-refractivity contribution in [3.05, 3.63) is 47.5 Å². The first kappa shape index (κ1) is 11.9. The molecule has 1 aromatic carbocycles. The standard InChI is InChI=1S/C16H19N/c1-3-4-7-13-10-11-16(2,12-17)15-9-6-5-8-14(13)15/h5-6,8-11,13H,3-4,7H2,1-2H3. The molecule has 0 N–H and O–H groups in total. The highest BCUT2D eigenvalue weighted by molar-refractivity contribution is 5.49. The van der Waals surface area contributed by atoms with Crippen LogP contribution in [0.25, 0.3) is 0 Å². The Kier molecular flexibility index (Phi) is 3.33. The van der Waals surface area contributed by atoms with E-state index in [0.717, 1.165) is 0 Å². The third-order valence-corrected chi connectivity index (χ3v) is 3.68. The largest absolute Gasteiger partial charge is 0.197 e. The Morgan fingerprint density at radius 2 is 2.12 bits per heavy atom. The highest BCUT2D eigenvalue weighted by atomic mass is 14.4. The number of fused-ring (bicyclic) bond motifs is 1. The van der Waals surface area contributed by atoms with Gasteiger partial charge in [-0.25, -0.2) is 0 Å². The third-order valence-electron chi connectivity index (χ3n) is 3.68. The van der Waals surface area contributed by atoms with Gasteiger partial charge in [0, 0.05) is 5.92 Å². The van der Waals surface area contributed by atoms with Crippen LogP contribution >= 0.6 is 0 Å². The molecule has 0 heterocycles. The fourth-order valence-corrected chi connectivity index (χ4v) is 2.57. The van der Waals surface area contributed by atoms with Crippen LogP contribution in [0.2, 0.25) is 0 Å². The number of rotatable bonds is 3. The molecule has 1 aliphatic carbocycles. The van der Waals surface area contributed by atoms with Gasteiger partial charge in [-0.3, -0.25) is 0 Å². The van der Waals surface area contributed by atoms with Crippen LogP contribution in [0, 0.1) is 11.3 Å². The summed E-state index contributed by atoms with van der Waals surface area (Å²) in [6.45, 7) is 4.22. The maximum absolute atomic E-state index is 9.36. The Hall–Kier alpha value is -1.55. The molecule has 0 amide bonds. The van der Waals surface area contributed by atoms with E-state index in [2.05, 4.69) is 43.3 Å². The van der Waals surface area contributed by atoms with Crippen LogP contribution in [-0.2, 0) is 5.41 Å². The zero-order chi connectivity index (χ0) is 12.3. The van der Waals surface area contributed by atoms with Crippen LogP contribution in [0.4, 0.5) is 0 Å². The number of allylic oxidation sites excluding steroid dienone is 2. The Balaban J connectivity index is 2.40. The number of unbranched alkanes of at least 4 members (excludes halogenated alkanes) is 1. The zero-order valence-corrected chi connectivity index (χ0v) is 10.6. The van der Waals surface area contributed by atoms with Crippen LogP contribution in [0.3, 0.4) is 0 Å². The van der Waals surface area contributed by atoms with Crippen molar-refractivity contribution in [1.29, 1.82) is 5.26 Å². The molecule has 0 radical (unpaired) electrons. The van der Waals surface area contributed by atoms with Gasteiger partial charge in [0.2, 0.25) is 0 Å². The summed E-state index contributed by atoms with van der Waals surface area (Å²) in [7, 11) is 0. The molecule has 1 aliphatic rings. The van der Waals surface area contributed by atoms with Crippen LogP contribution in [-0.4, -0.2) is 0 Å². The zero-order valence-electron chi connectivity index (χ0n) is 10.6. The first-order chi connectivity index (χ1) is 8.21. The first-order valence-electron chi connectivity index (χ1n) is 6.41. The molecular formula is C16H19N. The van der Waals surface area contributed by atoms with Crippen molar-refractivity contribution in [3.63, 3.8) is 0 Å². The second-order valence-corrected chi connectivity index (χ2v) is 5.01. The van der Waals surface area contributed by atoms with Crippen LogP contribution < -0.4 is 0 Å². The van der Waals surface area contributed by atoms with E-state index in [4.69, 9.17) is 0 Å². The van der Waals surface area contributed by atoms with E-state index in [9.17, 15) is 5.26 Å². The number of benzene rings is 1. The molecule has 0 saturated carbocycles. The molecule has 0 bridgehead atoms. The summed E-state index contributed by atoms with van der Waals surface area (Å²) in [6, 6.07) is 10.8. The van der Waals surface area contributed by atoms with E-state index in [-0.39, 0.29) is 0 Å². The van der Waals surface area contributed by atoms with Crippen LogP contribution in [0.1, 0.15) is 50.2 Å².